The quantitative estimate of drug-likeness (QED) is 0.395. The number of aliphatic hydroxyl groups is 1. The number of nitrogens with zero attached hydrogens (tertiary/aromatic N) is 1. The van der Waals surface area contributed by atoms with E-state index in [4.69, 9.17) is 9.47 Å². The molecule has 1 aliphatic heterocycles. The zero-order valence-corrected chi connectivity index (χ0v) is 18.0. The van der Waals surface area contributed by atoms with Crippen molar-refractivity contribution in [1.29, 1.82) is 0 Å². The van der Waals surface area contributed by atoms with Crippen molar-refractivity contribution in [2.24, 2.45) is 0 Å². The average molecular weight is 460 g/mol. The molecule has 0 spiro atoms. The van der Waals surface area contributed by atoms with Gasteiger partial charge in [-0.1, -0.05) is 47.1 Å². The highest BCUT2D eigenvalue weighted by Gasteiger charge is 2.47. The number of para-hydroxylation sites is 1. The molecular weight excluding hydrogens is 438 g/mol. The lowest BCUT2D eigenvalue weighted by molar-refractivity contribution is -0.139. The third kappa shape index (κ3) is 3.74. The van der Waals surface area contributed by atoms with Gasteiger partial charge in [0.05, 0.1) is 25.8 Å². The maximum Gasteiger partial charge on any atom is 0.295 e. The SMILES string of the molecule is CCCN1C(=O)C(=O)/C(=C(/O)c2ccc(Br)cc2)C1c1cccc(OC)c1OC. The molecule has 1 amide bonds. The predicted molar refractivity (Wildman–Crippen MR) is 113 cm³/mol. The lowest BCUT2D eigenvalue weighted by atomic mass is 9.94. The van der Waals surface area contributed by atoms with E-state index in [1.54, 1.807) is 42.5 Å². The number of halogens is 1. The summed E-state index contributed by atoms with van der Waals surface area (Å²) < 4.78 is 11.8. The normalized spacial score (nSPS) is 18.2. The standard InChI is InChI=1S/C22H22BrNO5/c1-4-12-24-18(15-6-5-7-16(28-2)21(15)29-3)17(20(26)22(24)27)19(25)13-8-10-14(23)11-9-13/h5-11,18,25H,4,12H2,1-3H3/b19-17+. The van der Waals surface area contributed by atoms with Crippen molar-refractivity contribution >= 4 is 33.4 Å². The summed E-state index contributed by atoms with van der Waals surface area (Å²) in [4.78, 5) is 27.2. The highest BCUT2D eigenvalue weighted by molar-refractivity contribution is 9.10. The number of amides is 1. The van der Waals surface area contributed by atoms with Crippen molar-refractivity contribution in [2.45, 2.75) is 19.4 Å². The fourth-order valence-corrected chi connectivity index (χ4v) is 3.83. The summed E-state index contributed by atoms with van der Waals surface area (Å²) in [6.07, 6.45) is 0.661. The molecule has 1 atom stereocenters. The van der Waals surface area contributed by atoms with Gasteiger partial charge in [0, 0.05) is 22.1 Å². The fraction of sp³-hybridized carbons (Fsp3) is 0.273. The van der Waals surface area contributed by atoms with Gasteiger partial charge in [-0.15, -0.1) is 0 Å². The number of Topliss-reactive ketones (excluding diaryl/α,β-unsaturated/α-hetero) is 1. The van der Waals surface area contributed by atoms with Crippen LogP contribution in [0.1, 0.15) is 30.5 Å². The zero-order valence-electron chi connectivity index (χ0n) is 16.4. The number of rotatable bonds is 6. The molecule has 7 heteroatoms. The number of methoxy groups -OCH3 is 2. The molecule has 29 heavy (non-hydrogen) atoms. The van der Waals surface area contributed by atoms with Gasteiger partial charge in [-0.25, -0.2) is 0 Å². The first-order valence-corrected chi connectivity index (χ1v) is 9.99. The van der Waals surface area contributed by atoms with E-state index >= 15 is 0 Å². The van der Waals surface area contributed by atoms with Crippen LogP contribution in [0.2, 0.25) is 0 Å². The number of carbonyl (C=O) groups excluding carboxylic acids is 2. The molecule has 1 N–H and O–H groups in total. The summed E-state index contributed by atoms with van der Waals surface area (Å²) in [5.41, 5.74) is 1.07. The molecule has 1 saturated heterocycles. The lowest BCUT2D eigenvalue weighted by Gasteiger charge is -2.26. The van der Waals surface area contributed by atoms with Gasteiger partial charge >= 0.3 is 0 Å². The molecule has 0 aromatic heterocycles. The average Bonchev–Trinajstić information content (AvgIpc) is 2.98. The van der Waals surface area contributed by atoms with Gasteiger partial charge in [0.15, 0.2) is 11.5 Å². The third-order valence-corrected chi connectivity index (χ3v) is 5.38. The van der Waals surface area contributed by atoms with Gasteiger partial charge in [0.1, 0.15) is 5.76 Å². The van der Waals surface area contributed by atoms with Crippen molar-refractivity contribution in [1.82, 2.24) is 4.90 Å². The highest BCUT2D eigenvalue weighted by atomic mass is 79.9. The van der Waals surface area contributed by atoms with E-state index in [1.807, 2.05) is 6.92 Å². The Bertz CT molecular complexity index is 968. The van der Waals surface area contributed by atoms with Crippen LogP contribution in [0.15, 0.2) is 52.5 Å². The Kier molecular flexibility index (Phi) is 6.27. The second kappa shape index (κ2) is 8.69. The summed E-state index contributed by atoms with van der Waals surface area (Å²) in [6.45, 7) is 2.29. The second-order valence-electron chi connectivity index (χ2n) is 6.58. The number of ketones is 1. The molecule has 6 nitrogen and oxygen atoms in total. The Hall–Kier alpha value is -2.80. The summed E-state index contributed by atoms with van der Waals surface area (Å²) >= 11 is 3.36. The van der Waals surface area contributed by atoms with Crippen LogP contribution in [-0.2, 0) is 9.59 Å². The van der Waals surface area contributed by atoms with E-state index in [0.717, 1.165) is 4.47 Å². The van der Waals surface area contributed by atoms with Crippen molar-refractivity contribution in [3.63, 3.8) is 0 Å². The van der Waals surface area contributed by atoms with Gasteiger partial charge < -0.3 is 19.5 Å². The zero-order chi connectivity index (χ0) is 21.1. The Morgan fingerprint density at radius 3 is 2.38 bits per heavy atom. The third-order valence-electron chi connectivity index (χ3n) is 4.85. The van der Waals surface area contributed by atoms with Crippen LogP contribution in [0.4, 0.5) is 0 Å². The lowest BCUT2D eigenvalue weighted by Crippen LogP contribution is -2.30. The topological polar surface area (TPSA) is 76.1 Å². The molecule has 1 aliphatic rings. The number of ether oxygens (including phenoxy) is 2. The second-order valence-corrected chi connectivity index (χ2v) is 7.50. The smallest absolute Gasteiger partial charge is 0.295 e. The number of carbonyl (C=O) groups is 2. The molecule has 152 valence electrons. The number of hydrogen-bond donors (Lipinski definition) is 1. The molecule has 2 aromatic carbocycles. The minimum atomic E-state index is -0.774. The van der Waals surface area contributed by atoms with Crippen LogP contribution in [0.25, 0.3) is 5.76 Å². The first kappa shape index (κ1) is 20.9. The number of likely N-dealkylation sites (tertiary alicyclic amines) is 1. The van der Waals surface area contributed by atoms with Crippen molar-refractivity contribution in [2.75, 3.05) is 20.8 Å². The van der Waals surface area contributed by atoms with Gasteiger partial charge in [-0.3, -0.25) is 9.59 Å². The van der Waals surface area contributed by atoms with Crippen LogP contribution in [0, 0.1) is 0 Å². The van der Waals surface area contributed by atoms with Crippen LogP contribution < -0.4 is 9.47 Å². The summed E-state index contributed by atoms with van der Waals surface area (Å²) in [5, 5.41) is 11.0. The van der Waals surface area contributed by atoms with E-state index in [1.165, 1.54) is 19.1 Å². The predicted octanol–water partition coefficient (Wildman–Crippen LogP) is 4.30. The molecule has 1 heterocycles. The fourth-order valence-electron chi connectivity index (χ4n) is 3.57. The van der Waals surface area contributed by atoms with Crippen LogP contribution in [0.3, 0.4) is 0 Å². The summed E-state index contributed by atoms with van der Waals surface area (Å²) in [7, 11) is 3.02. The Morgan fingerprint density at radius 2 is 1.79 bits per heavy atom. The molecule has 0 aliphatic carbocycles. The van der Waals surface area contributed by atoms with Crippen molar-refractivity contribution in [3.8, 4) is 11.5 Å². The monoisotopic (exact) mass is 459 g/mol. The van der Waals surface area contributed by atoms with E-state index in [0.29, 0.717) is 35.6 Å². The molecule has 1 fully saturated rings. The molecule has 2 aromatic rings. The molecular formula is C22H22BrNO5. The number of aliphatic hydroxyl groups excluding tert-OH is 1. The van der Waals surface area contributed by atoms with Crippen molar-refractivity contribution in [3.05, 3.63) is 63.6 Å². The number of benzene rings is 2. The maximum atomic E-state index is 12.9. The first-order chi connectivity index (χ1) is 13.9. The molecule has 0 saturated carbocycles. The summed E-state index contributed by atoms with van der Waals surface area (Å²) in [5.74, 6) is -0.668. The van der Waals surface area contributed by atoms with Crippen LogP contribution in [0.5, 0.6) is 11.5 Å². The van der Waals surface area contributed by atoms with Gasteiger partial charge in [-0.05, 0) is 24.6 Å². The molecule has 3 rings (SSSR count). The minimum Gasteiger partial charge on any atom is -0.507 e. The van der Waals surface area contributed by atoms with Crippen molar-refractivity contribution < 1.29 is 24.2 Å². The molecule has 1 unspecified atom stereocenters. The first-order valence-electron chi connectivity index (χ1n) is 9.19. The number of hydrogen-bond acceptors (Lipinski definition) is 5. The maximum absolute atomic E-state index is 12.9. The molecule has 0 bridgehead atoms. The van der Waals surface area contributed by atoms with Crippen LogP contribution in [-0.4, -0.2) is 42.5 Å². The van der Waals surface area contributed by atoms with E-state index < -0.39 is 17.7 Å². The van der Waals surface area contributed by atoms with Gasteiger partial charge in [0.2, 0.25) is 0 Å². The van der Waals surface area contributed by atoms with E-state index in [2.05, 4.69) is 15.9 Å². The largest absolute Gasteiger partial charge is 0.507 e. The van der Waals surface area contributed by atoms with Gasteiger partial charge in [-0.2, -0.15) is 0 Å². The highest BCUT2D eigenvalue weighted by Crippen LogP contribution is 2.45. The molecule has 0 radical (unpaired) electrons. The Balaban J connectivity index is 2.26. The van der Waals surface area contributed by atoms with E-state index in [9.17, 15) is 14.7 Å². The van der Waals surface area contributed by atoms with Gasteiger partial charge in [0.25, 0.3) is 11.7 Å². The Labute approximate surface area is 177 Å². The van der Waals surface area contributed by atoms with Crippen LogP contribution >= 0.6 is 15.9 Å². The summed E-state index contributed by atoms with van der Waals surface area (Å²) in [6, 6.07) is 11.4. The van der Waals surface area contributed by atoms with E-state index in [-0.39, 0.29) is 11.3 Å². The Morgan fingerprint density at radius 1 is 1.10 bits per heavy atom. The minimum absolute atomic E-state index is 0.0392.